The van der Waals surface area contributed by atoms with Gasteiger partial charge in [-0.1, -0.05) is 48.7 Å². The fourth-order valence-corrected chi connectivity index (χ4v) is 2.57. The Kier molecular flexibility index (Phi) is 6.64. The summed E-state index contributed by atoms with van der Waals surface area (Å²) in [5.74, 6) is -0.331. The first-order valence-electron chi connectivity index (χ1n) is 7.66. The van der Waals surface area contributed by atoms with Crippen LogP contribution in [0.1, 0.15) is 25.3 Å². The molecule has 1 N–H and O–H groups in total. The summed E-state index contributed by atoms with van der Waals surface area (Å²) in [5.41, 5.74) is 0.526. The van der Waals surface area contributed by atoms with Crippen molar-refractivity contribution in [2.45, 2.75) is 19.8 Å². The van der Waals surface area contributed by atoms with Gasteiger partial charge in [-0.25, -0.2) is 0 Å². The first kappa shape index (κ1) is 18.3. The van der Waals surface area contributed by atoms with Crippen molar-refractivity contribution in [2.24, 2.45) is 0 Å². The molecule has 6 heteroatoms. The summed E-state index contributed by atoms with van der Waals surface area (Å²) in [6.07, 6.45) is 4.97. The number of hydrogen-bond acceptors (Lipinski definition) is 2. The third-order valence-corrected chi connectivity index (χ3v) is 3.95. The van der Waals surface area contributed by atoms with Crippen LogP contribution in [0.2, 0.25) is 10.0 Å². The van der Waals surface area contributed by atoms with Gasteiger partial charge in [0.2, 0.25) is 0 Å². The van der Waals surface area contributed by atoms with Crippen LogP contribution in [0.4, 0.5) is 0 Å². The number of carbonyl (C=O) groups is 1. The Morgan fingerprint density at radius 2 is 2.04 bits per heavy atom. The van der Waals surface area contributed by atoms with Gasteiger partial charge in [-0.05, 0) is 36.3 Å². The van der Waals surface area contributed by atoms with Gasteiger partial charge in [0.05, 0.1) is 0 Å². The quantitative estimate of drug-likeness (QED) is 0.620. The van der Waals surface area contributed by atoms with E-state index in [0.717, 1.165) is 12.8 Å². The number of rotatable bonds is 6. The number of carbonyl (C=O) groups excluding carboxylic acids is 1. The third-order valence-electron chi connectivity index (χ3n) is 3.39. The Morgan fingerprint density at radius 3 is 2.71 bits per heavy atom. The van der Waals surface area contributed by atoms with E-state index in [1.807, 2.05) is 6.92 Å². The lowest BCUT2D eigenvalue weighted by atomic mass is 10.1. The van der Waals surface area contributed by atoms with E-state index in [1.54, 1.807) is 42.6 Å². The molecule has 0 aliphatic carbocycles. The van der Waals surface area contributed by atoms with Crippen LogP contribution < -0.4 is 10.9 Å². The lowest BCUT2D eigenvalue weighted by molar-refractivity contribution is -0.115. The maximum Gasteiger partial charge on any atom is 0.268 e. The second kappa shape index (κ2) is 8.71. The molecule has 0 aliphatic rings. The zero-order valence-electron chi connectivity index (χ0n) is 13.3. The highest BCUT2D eigenvalue weighted by Crippen LogP contribution is 2.24. The first-order valence-corrected chi connectivity index (χ1v) is 8.41. The fraction of sp³-hybridized carbons (Fsp3) is 0.222. The second-order valence-corrected chi connectivity index (χ2v) is 6.06. The van der Waals surface area contributed by atoms with Crippen LogP contribution in [0.25, 0.3) is 11.8 Å². The summed E-state index contributed by atoms with van der Waals surface area (Å²) in [6, 6.07) is 9.70. The molecule has 1 aromatic heterocycles. The van der Waals surface area contributed by atoms with Crippen molar-refractivity contribution in [2.75, 3.05) is 6.54 Å². The molecule has 0 saturated carbocycles. The maximum atomic E-state index is 12.5. The number of benzene rings is 1. The molecule has 0 unspecified atom stereocenters. The molecule has 1 aromatic carbocycles. The summed E-state index contributed by atoms with van der Waals surface area (Å²) < 4.78 is 1.30. The van der Waals surface area contributed by atoms with Gasteiger partial charge in [0.1, 0.15) is 5.70 Å². The molecule has 0 saturated heterocycles. The Morgan fingerprint density at radius 1 is 1.25 bits per heavy atom. The molecule has 4 nitrogen and oxygen atoms in total. The van der Waals surface area contributed by atoms with E-state index in [-0.39, 0.29) is 17.2 Å². The smallest absolute Gasteiger partial charge is 0.268 e. The predicted molar refractivity (Wildman–Crippen MR) is 99.2 cm³/mol. The molecule has 0 fully saturated rings. The van der Waals surface area contributed by atoms with Crippen LogP contribution in [0, 0.1) is 0 Å². The Hall–Kier alpha value is -2.04. The molecule has 1 heterocycles. The lowest BCUT2D eigenvalue weighted by Crippen LogP contribution is -2.31. The van der Waals surface area contributed by atoms with Crippen LogP contribution in [-0.4, -0.2) is 17.0 Å². The van der Waals surface area contributed by atoms with Crippen molar-refractivity contribution in [3.05, 3.63) is 68.6 Å². The SMILES string of the molecule is CCCCNC(=O)C(=Cc1ccc(Cl)cc1Cl)n1ccccc1=O. The van der Waals surface area contributed by atoms with Gasteiger partial charge in [-0.2, -0.15) is 0 Å². The minimum absolute atomic E-state index is 0.209. The third kappa shape index (κ3) is 4.73. The van der Waals surface area contributed by atoms with Gasteiger partial charge in [-0.15, -0.1) is 0 Å². The first-order chi connectivity index (χ1) is 11.5. The van der Waals surface area contributed by atoms with E-state index in [1.165, 1.54) is 10.6 Å². The Balaban J connectivity index is 2.46. The van der Waals surface area contributed by atoms with Crippen molar-refractivity contribution in [1.29, 1.82) is 0 Å². The largest absolute Gasteiger partial charge is 0.351 e. The number of amides is 1. The Labute approximate surface area is 150 Å². The number of aromatic nitrogens is 1. The van der Waals surface area contributed by atoms with E-state index < -0.39 is 0 Å². The van der Waals surface area contributed by atoms with Crippen LogP contribution in [0.5, 0.6) is 0 Å². The maximum absolute atomic E-state index is 12.5. The number of hydrogen-bond donors (Lipinski definition) is 1. The Bertz CT molecular complexity index is 813. The summed E-state index contributed by atoms with van der Waals surface area (Å²) in [6.45, 7) is 2.58. The minimum Gasteiger partial charge on any atom is -0.351 e. The molecular formula is C18H18Cl2N2O2. The number of nitrogens with one attached hydrogen (secondary N) is 1. The van der Waals surface area contributed by atoms with Gasteiger partial charge in [-0.3, -0.25) is 14.2 Å². The molecule has 0 bridgehead atoms. The highest BCUT2D eigenvalue weighted by molar-refractivity contribution is 6.36. The molecule has 2 aromatic rings. The molecular weight excluding hydrogens is 347 g/mol. The second-order valence-electron chi connectivity index (χ2n) is 5.21. The molecule has 1 amide bonds. The van der Waals surface area contributed by atoms with Crippen LogP contribution in [0.3, 0.4) is 0 Å². The van der Waals surface area contributed by atoms with Gasteiger partial charge in [0, 0.05) is 28.9 Å². The van der Waals surface area contributed by atoms with Gasteiger partial charge >= 0.3 is 0 Å². The zero-order valence-corrected chi connectivity index (χ0v) is 14.8. The normalized spacial score (nSPS) is 11.4. The van der Waals surface area contributed by atoms with Crippen molar-refractivity contribution >= 4 is 40.9 Å². The van der Waals surface area contributed by atoms with E-state index in [2.05, 4.69) is 5.32 Å². The fourth-order valence-electron chi connectivity index (χ4n) is 2.11. The van der Waals surface area contributed by atoms with E-state index >= 15 is 0 Å². The standard InChI is InChI=1S/C18H18Cl2N2O2/c1-2-3-9-21-18(24)16(22-10-5-4-6-17(22)23)11-13-7-8-14(19)12-15(13)20/h4-8,10-12H,2-3,9H2,1H3,(H,21,24). The summed E-state index contributed by atoms with van der Waals surface area (Å²) >= 11 is 12.1. The average Bonchev–Trinajstić information content (AvgIpc) is 2.55. The number of halogens is 2. The van der Waals surface area contributed by atoms with E-state index in [4.69, 9.17) is 23.2 Å². The molecule has 0 radical (unpaired) electrons. The highest BCUT2D eigenvalue weighted by Gasteiger charge is 2.13. The molecule has 2 rings (SSSR count). The molecule has 24 heavy (non-hydrogen) atoms. The predicted octanol–water partition coefficient (Wildman–Crippen LogP) is 4.07. The van der Waals surface area contributed by atoms with Crippen LogP contribution >= 0.6 is 23.2 Å². The van der Waals surface area contributed by atoms with Gasteiger partial charge < -0.3 is 5.32 Å². The minimum atomic E-state index is -0.331. The van der Waals surface area contributed by atoms with Crippen molar-refractivity contribution in [3.63, 3.8) is 0 Å². The molecule has 0 atom stereocenters. The summed E-state index contributed by atoms with van der Waals surface area (Å²) in [5, 5.41) is 3.73. The van der Waals surface area contributed by atoms with Crippen molar-refractivity contribution in [1.82, 2.24) is 9.88 Å². The number of nitrogens with zero attached hydrogens (tertiary/aromatic N) is 1. The topological polar surface area (TPSA) is 51.1 Å². The van der Waals surface area contributed by atoms with Crippen molar-refractivity contribution in [3.8, 4) is 0 Å². The number of pyridine rings is 1. The average molecular weight is 365 g/mol. The number of unbranched alkanes of at least 4 members (excludes halogenated alkanes) is 1. The highest BCUT2D eigenvalue weighted by atomic mass is 35.5. The van der Waals surface area contributed by atoms with Crippen LogP contribution in [0.15, 0.2) is 47.4 Å². The van der Waals surface area contributed by atoms with Crippen LogP contribution in [-0.2, 0) is 4.79 Å². The molecule has 0 aliphatic heterocycles. The van der Waals surface area contributed by atoms with Crippen molar-refractivity contribution < 1.29 is 4.79 Å². The van der Waals surface area contributed by atoms with Gasteiger partial charge in [0.25, 0.3) is 11.5 Å². The van der Waals surface area contributed by atoms with Gasteiger partial charge in [0.15, 0.2) is 0 Å². The summed E-state index contributed by atoms with van der Waals surface area (Å²) in [4.78, 5) is 24.7. The van der Waals surface area contributed by atoms with E-state index in [0.29, 0.717) is 22.2 Å². The lowest BCUT2D eigenvalue weighted by Gasteiger charge is -2.12. The zero-order chi connectivity index (χ0) is 17.5. The molecule has 0 spiro atoms. The monoisotopic (exact) mass is 364 g/mol. The summed E-state index contributed by atoms with van der Waals surface area (Å²) in [7, 11) is 0. The van der Waals surface area contributed by atoms with E-state index in [9.17, 15) is 9.59 Å². The molecule has 126 valence electrons.